The average molecular weight is 363 g/mol. The first kappa shape index (κ1) is 17.0. The lowest BCUT2D eigenvalue weighted by Gasteiger charge is -2.19. The SMILES string of the molecule is O=C(CCNC(=O)c1cccs1)NC(c1ccc(Cl)cc1)C1CC1. The molecule has 1 atom stereocenters. The molecule has 1 unspecified atom stereocenters. The van der Waals surface area contributed by atoms with Crippen LogP contribution in [0.25, 0.3) is 0 Å². The Hall–Kier alpha value is -1.85. The molecule has 1 aromatic carbocycles. The first-order valence-electron chi connectivity index (χ1n) is 8.00. The van der Waals surface area contributed by atoms with E-state index in [0.717, 1.165) is 18.4 Å². The minimum Gasteiger partial charge on any atom is -0.351 e. The van der Waals surface area contributed by atoms with Crippen molar-refractivity contribution in [2.24, 2.45) is 5.92 Å². The van der Waals surface area contributed by atoms with Crippen LogP contribution >= 0.6 is 22.9 Å². The normalized spacial score (nSPS) is 14.9. The van der Waals surface area contributed by atoms with Crippen LogP contribution < -0.4 is 10.6 Å². The summed E-state index contributed by atoms with van der Waals surface area (Å²) in [6, 6.07) is 11.2. The molecule has 1 aromatic heterocycles. The number of benzene rings is 1. The fourth-order valence-corrected chi connectivity index (χ4v) is 3.37. The average Bonchev–Trinajstić information content (AvgIpc) is 3.26. The maximum absolute atomic E-state index is 12.2. The zero-order valence-corrected chi connectivity index (χ0v) is 14.7. The number of halogens is 1. The third-order valence-electron chi connectivity index (χ3n) is 4.02. The van der Waals surface area contributed by atoms with Crippen LogP contribution in [0.1, 0.15) is 40.5 Å². The summed E-state index contributed by atoms with van der Waals surface area (Å²) in [7, 11) is 0. The summed E-state index contributed by atoms with van der Waals surface area (Å²) in [6.45, 7) is 0.334. The molecule has 0 saturated heterocycles. The molecule has 0 aliphatic heterocycles. The van der Waals surface area contributed by atoms with Crippen LogP contribution in [-0.4, -0.2) is 18.4 Å². The predicted octanol–water partition coefficient (Wildman–Crippen LogP) is 3.79. The Morgan fingerprint density at radius 2 is 1.96 bits per heavy atom. The van der Waals surface area contributed by atoms with E-state index in [2.05, 4.69) is 10.6 Å². The molecule has 4 nitrogen and oxygen atoms in total. The first-order valence-corrected chi connectivity index (χ1v) is 9.26. The standard InChI is InChI=1S/C18H19ClN2O2S/c19-14-7-5-13(6-8-14)17(12-3-4-12)21-16(22)9-10-20-18(23)15-2-1-11-24-15/h1-2,5-8,11-12,17H,3-4,9-10H2,(H,20,23)(H,21,22). The van der Waals surface area contributed by atoms with Crippen LogP contribution in [-0.2, 0) is 4.79 Å². The van der Waals surface area contributed by atoms with E-state index < -0.39 is 0 Å². The van der Waals surface area contributed by atoms with Crippen LogP contribution in [0.3, 0.4) is 0 Å². The minimum absolute atomic E-state index is 0.0303. The Bertz CT molecular complexity index is 696. The van der Waals surface area contributed by atoms with Crippen molar-refractivity contribution in [3.63, 3.8) is 0 Å². The monoisotopic (exact) mass is 362 g/mol. The second-order valence-corrected chi connectivity index (χ2v) is 7.30. The largest absolute Gasteiger partial charge is 0.351 e. The molecule has 126 valence electrons. The third-order valence-corrected chi connectivity index (χ3v) is 5.14. The summed E-state index contributed by atoms with van der Waals surface area (Å²) in [6.07, 6.45) is 2.53. The number of thiophene rings is 1. The number of rotatable bonds is 7. The molecule has 24 heavy (non-hydrogen) atoms. The number of carbonyl (C=O) groups excluding carboxylic acids is 2. The third kappa shape index (κ3) is 4.58. The van der Waals surface area contributed by atoms with Gasteiger partial charge in [0.05, 0.1) is 10.9 Å². The molecular formula is C18H19ClN2O2S. The summed E-state index contributed by atoms with van der Waals surface area (Å²) in [5, 5.41) is 8.41. The molecule has 2 aromatic rings. The molecule has 1 aliphatic rings. The van der Waals surface area contributed by atoms with Crippen molar-refractivity contribution in [2.75, 3.05) is 6.54 Å². The van der Waals surface area contributed by atoms with Crippen molar-refractivity contribution in [1.29, 1.82) is 0 Å². The maximum atomic E-state index is 12.2. The van der Waals surface area contributed by atoms with Gasteiger partial charge >= 0.3 is 0 Å². The summed E-state index contributed by atoms with van der Waals surface area (Å²) in [4.78, 5) is 24.7. The first-order chi connectivity index (χ1) is 11.6. The van der Waals surface area contributed by atoms with Gasteiger partial charge in [-0.2, -0.15) is 0 Å². The van der Waals surface area contributed by atoms with Gasteiger partial charge in [-0.1, -0.05) is 29.8 Å². The molecule has 6 heteroatoms. The summed E-state index contributed by atoms with van der Waals surface area (Å²) < 4.78 is 0. The lowest BCUT2D eigenvalue weighted by molar-refractivity contribution is -0.121. The molecule has 0 spiro atoms. The van der Waals surface area contributed by atoms with E-state index in [0.29, 0.717) is 22.4 Å². The van der Waals surface area contributed by atoms with E-state index in [1.54, 1.807) is 6.07 Å². The van der Waals surface area contributed by atoms with E-state index in [4.69, 9.17) is 11.6 Å². The van der Waals surface area contributed by atoms with Gasteiger partial charge in [0.2, 0.25) is 5.91 Å². The van der Waals surface area contributed by atoms with Gasteiger partial charge in [0.1, 0.15) is 0 Å². The highest BCUT2D eigenvalue weighted by molar-refractivity contribution is 7.12. The quantitative estimate of drug-likeness (QED) is 0.787. The lowest BCUT2D eigenvalue weighted by atomic mass is 10.0. The van der Waals surface area contributed by atoms with Crippen LogP contribution in [0.5, 0.6) is 0 Å². The number of carbonyl (C=O) groups is 2. The molecule has 1 aliphatic carbocycles. The smallest absolute Gasteiger partial charge is 0.261 e. The van der Waals surface area contributed by atoms with E-state index in [9.17, 15) is 9.59 Å². The van der Waals surface area contributed by atoms with Gasteiger partial charge in [-0.3, -0.25) is 9.59 Å². The Morgan fingerprint density at radius 3 is 2.58 bits per heavy atom. The van der Waals surface area contributed by atoms with E-state index in [-0.39, 0.29) is 24.3 Å². The van der Waals surface area contributed by atoms with Gasteiger partial charge in [-0.05, 0) is 47.9 Å². The van der Waals surface area contributed by atoms with Crippen LogP contribution in [0.15, 0.2) is 41.8 Å². The molecule has 1 saturated carbocycles. The molecular weight excluding hydrogens is 344 g/mol. The zero-order chi connectivity index (χ0) is 16.9. The minimum atomic E-state index is -0.130. The van der Waals surface area contributed by atoms with Gasteiger partial charge in [0.15, 0.2) is 0 Å². The molecule has 1 heterocycles. The topological polar surface area (TPSA) is 58.2 Å². The highest BCUT2D eigenvalue weighted by Gasteiger charge is 2.33. The Kier molecular flexibility index (Phi) is 5.53. The van der Waals surface area contributed by atoms with E-state index in [1.807, 2.05) is 35.7 Å². The zero-order valence-electron chi connectivity index (χ0n) is 13.1. The highest BCUT2D eigenvalue weighted by atomic mass is 35.5. The van der Waals surface area contributed by atoms with Crippen molar-refractivity contribution in [3.05, 3.63) is 57.2 Å². The number of hydrogen-bond donors (Lipinski definition) is 2. The Morgan fingerprint density at radius 1 is 1.21 bits per heavy atom. The molecule has 3 rings (SSSR count). The van der Waals surface area contributed by atoms with Gasteiger partial charge in [-0.25, -0.2) is 0 Å². The van der Waals surface area contributed by atoms with Gasteiger partial charge in [-0.15, -0.1) is 11.3 Å². The fourth-order valence-electron chi connectivity index (χ4n) is 2.60. The molecule has 2 amide bonds. The summed E-state index contributed by atoms with van der Waals surface area (Å²) in [5.74, 6) is 0.318. The van der Waals surface area contributed by atoms with Gasteiger partial charge in [0.25, 0.3) is 5.91 Å². The number of nitrogens with one attached hydrogen (secondary N) is 2. The molecule has 1 fully saturated rings. The number of amides is 2. The molecule has 0 bridgehead atoms. The van der Waals surface area contributed by atoms with E-state index >= 15 is 0 Å². The number of hydrogen-bond acceptors (Lipinski definition) is 3. The van der Waals surface area contributed by atoms with Crippen molar-refractivity contribution in [1.82, 2.24) is 10.6 Å². The van der Waals surface area contributed by atoms with Crippen molar-refractivity contribution in [2.45, 2.75) is 25.3 Å². The Labute approximate surface area is 150 Å². The Balaban J connectivity index is 1.49. The molecule has 2 N–H and O–H groups in total. The van der Waals surface area contributed by atoms with E-state index in [1.165, 1.54) is 11.3 Å². The fraction of sp³-hybridized carbons (Fsp3) is 0.333. The van der Waals surface area contributed by atoms with Gasteiger partial charge < -0.3 is 10.6 Å². The maximum Gasteiger partial charge on any atom is 0.261 e. The van der Waals surface area contributed by atoms with Crippen LogP contribution in [0.4, 0.5) is 0 Å². The highest BCUT2D eigenvalue weighted by Crippen LogP contribution is 2.41. The second kappa shape index (κ2) is 7.81. The summed E-state index contributed by atoms with van der Waals surface area (Å²) in [5.41, 5.74) is 1.08. The lowest BCUT2D eigenvalue weighted by Crippen LogP contribution is -2.33. The van der Waals surface area contributed by atoms with Crippen molar-refractivity contribution >= 4 is 34.8 Å². The second-order valence-electron chi connectivity index (χ2n) is 5.92. The van der Waals surface area contributed by atoms with Gasteiger partial charge in [0, 0.05) is 18.0 Å². The molecule has 0 radical (unpaired) electrons. The van der Waals surface area contributed by atoms with Crippen molar-refractivity contribution in [3.8, 4) is 0 Å². The summed E-state index contributed by atoms with van der Waals surface area (Å²) >= 11 is 7.32. The van der Waals surface area contributed by atoms with Crippen LogP contribution in [0.2, 0.25) is 5.02 Å². The van der Waals surface area contributed by atoms with Crippen molar-refractivity contribution < 1.29 is 9.59 Å². The van der Waals surface area contributed by atoms with Crippen LogP contribution in [0, 0.1) is 5.92 Å². The predicted molar refractivity (Wildman–Crippen MR) is 96.3 cm³/mol.